The number of H-pyrrole nitrogens is 2. The lowest BCUT2D eigenvalue weighted by Gasteiger charge is -2.05. The first-order valence-corrected chi connectivity index (χ1v) is 15.3. The molecule has 0 atom stereocenters. The molecule has 11 heteroatoms. The minimum absolute atomic E-state index is 0.0549. The number of fused-ring (bicyclic) bond motifs is 8. The Morgan fingerprint density at radius 3 is 1.85 bits per heavy atom. The van der Waals surface area contributed by atoms with Crippen LogP contribution in [0.2, 0.25) is 0 Å². The molecule has 6 rings (SSSR count). The van der Waals surface area contributed by atoms with E-state index >= 15 is 0 Å². The zero-order valence-electron chi connectivity index (χ0n) is 26.2. The zero-order chi connectivity index (χ0) is 32.9. The van der Waals surface area contributed by atoms with E-state index in [9.17, 15) is 29.9 Å². The van der Waals surface area contributed by atoms with Crippen LogP contribution in [0.5, 0.6) is 0 Å². The van der Waals surface area contributed by atoms with Crippen molar-refractivity contribution >= 4 is 62.4 Å². The van der Waals surface area contributed by atoms with Crippen LogP contribution in [-0.4, -0.2) is 47.0 Å². The second-order valence-electron chi connectivity index (χ2n) is 12.2. The number of aryl methyl sites for hydroxylation is 2. The third-order valence-electron chi connectivity index (χ3n) is 9.16. The van der Waals surface area contributed by atoms with Gasteiger partial charge in [-0.2, -0.15) is 0 Å². The number of aromatic nitrogens is 4. The fraction of sp³-hybridized carbons (Fsp3) is 0.314. The molecule has 236 valence electrons. The smallest absolute Gasteiger partial charge is 0.303 e. The summed E-state index contributed by atoms with van der Waals surface area (Å²) >= 11 is 0. The number of hydrogen-bond donors (Lipinski definition) is 4. The van der Waals surface area contributed by atoms with Crippen LogP contribution >= 0.6 is 0 Å². The highest BCUT2D eigenvalue weighted by Gasteiger charge is 2.29. The minimum atomic E-state index is -0.925. The molecule has 0 saturated heterocycles. The summed E-state index contributed by atoms with van der Waals surface area (Å²) < 4.78 is 0. The molecule has 1 fully saturated rings. The van der Waals surface area contributed by atoms with Crippen LogP contribution in [0.15, 0.2) is 30.5 Å². The highest BCUT2D eigenvalue weighted by Crippen LogP contribution is 2.45. The molecule has 1 saturated carbocycles. The van der Waals surface area contributed by atoms with Crippen LogP contribution in [0.25, 0.3) is 50.4 Å². The number of nitro groups is 1. The Labute approximate surface area is 264 Å². The highest BCUT2D eigenvalue weighted by atomic mass is 16.6. The van der Waals surface area contributed by atoms with Crippen molar-refractivity contribution in [3.05, 3.63) is 85.6 Å². The molecule has 0 unspecified atom stereocenters. The Hall–Kier alpha value is -5.32. The monoisotopic (exact) mass is 621 g/mol. The van der Waals surface area contributed by atoms with Gasteiger partial charge < -0.3 is 20.2 Å². The number of allylic oxidation sites excluding steroid dienone is 4. The maximum Gasteiger partial charge on any atom is 0.303 e. The molecule has 0 amide bonds. The SMILES string of the molecule is CC1=C(CCC(=O)O)c2cc3nc(cc4[nH]c(cc5[nH]c(cc1n2)c(C)c5/C=C/[N+](=O)[O-])c(C)c4C1CC1)C(C)=C3CCC(=O)O. The van der Waals surface area contributed by atoms with Gasteiger partial charge in [-0.1, -0.05) is 0 Å². The van der Waals surface area contributed by atoms with Crippen molar-refractivity contribution in [2.45, 2.75) is 72.1 Å². The predicted molar refractivity (Wildman–Crippen MR) is 177 cm³/mol. The molecule has 3 aromatic heterocycles. The molecule has 1 aliphatic carbocycles. The van der Waals surface area contributed by atoms with E-state index in [0.29, 0.717) is 40.5 Å². The van der Waals surface area contributed by atoms with Gasteiger partial charge in [-0.25, -0.2) is 9.97 Å². The molecule has 5 heterocycles. The Kier molecular flexibility index (Phi) is 7.93. The average Bonchev–Trinajstić information content (AvgIpc) is 3.54. The summed E-state index contributed by atoms with van der Waals surface area (Å²) in [5.41, 5.74) is 12.9. The maximum absolute atomic E-state index is 11.6. The standard InChI is InChI=1S/C35H35N5O6/c1-17-22(7-9-33(41)42)30-16-31-23(8-10-34(43)44)18(2)27(38-31)15-32-35(21-5-6-21)20(4)28(39-32)14-29-24(11-12-40(45)46)19(3)26(36-29)13-25(17)37-30/h11-16,21,36,39H,5-10H2,1-4H3,(H,41,42)(H,43,44)/b12-11+,25-13?,26-13?,27-15?,28-14?,29-14?,30-16?,31-16?,32-15?. The molecule has 0 spiro atoms. The van der Waals surface area contributed by atoms with Gasteiger partial charge in [0.15, 0.2) is 0 Å². The van der Waals surface area contributed by atoms with Crippen molar-refractivity contribution in [2.24, 2.45) is 0 Å². The first kappa shape index (κ1) is 30.7. The van der Waals surface area contributed by atoms with Crippen LogP contribution < -0.4 is 0 Å². The maximum atomic E-state index is 11.6. The largest absolute Gasteiger partial charge is 0.481 e. The molecule has 46 heavy (non-hydrogen) atoms. The zero-order valence-corrected chi connectivity index (χ0v) is 26.2. The molecular formula is C35H35N5O6. The van der Waals surface area contributed by atoms with Gasteiger partial charge in [-0.05, 0) is 123 Å². The summed E-state index contributed by atoms with van der Waals surface area (Å²) in [5.74, 6) is -1.42. The molecule has 3 aliphatic rings. The van der Waals surface area contributed by atoms with Crippen LogP contribution in [0.1, 0.15) is 103 Å². The van der Waals surface area contributed by atoms with Gasteiger partial charge in [0, 0.05) is 46.5 Å². The second kappa shape index (κ2) is 11.9. The van der Waals surface area contributed by atoms with Gasteiger partial charge in [0.2, 0.25) is 6.20 Å². The van der Waals surface area contributed by atoms with Crippen molar-refractivity contribution in [3.8, 4) is 0 Å². The molecule has 4 N–H and O–H groups in total. The summed E-state index contributed by atoms with van der Waals surface area (Å²) in [6.07, 6.45) is 5.00. The van der Waals surface area contributed by atoms with Crippen molar-refractivity contribution in [1.29, 1.82) is 0 Å². The third-order valence-corrected chi connectivity index (χ3v) is 9.16. The highest BCUT2D eigenvalue weighted by molar-refractivity contribution is 5.96. The molecule has 0 aromatic carbocycles. The van der Waals surface area contributed by atoms with Crippen LogP contribution in [0.4, 0.5) is 0 Å². The van der Waals surface area contributed by atoms with Crippen molar-refractivity contribution < 1.29 is 24.7 Å². The molecule has 3 aromatic rings. The van der Waals surface area contributed by atoms with Crippen LogP contribution in [-0.2, 0) is 9.59 Å². The van der Waals surface area contributed by atoms with E-state index in [-0.39, 0.29) is 19.3 Å². The van der Waals surface area contributed by atoms with Gasteiger partial charge in [-0.15, -0.1) is 0 Å². The molecule has 0 radical (unpaired) electrons. The topological polar surface area (TPSA) is 175 Å². The first-order valence-electron chi connectivity index (χ1n) is 15.3. The Morgan fingerprint density at radius 2 is 1.33 bits per heavy atom. The van der Waals surface area contributed by atoms with E-state index in [1.54, 1.807) is 0 Å². The van der Waals surface area contributed by atoms with Gasteiger partial charge in [0.25, 0.3) is 0 Å². The second-order valence-corrected chi connectivity index (χ2v) is 12.2. The van der Waals surface area contributed by atoms with Crippen LogP contribution in [0, 0.1) is 24.0 Å². The van der Waals surface area contributed by atoms with Crippen molar-refractivity contribution in [3.63, 3.8) is 0 Å². The lowest BCUT2D eigenvalue weighted by atomic mass is 9.98. The Bertz CT molecular complexity index is 2090. The summed E-state index contributed by atoms with van der Waals surface area (Å²) in [5, 5.41) is 30.3. The van der Waals surface area contributed by atoms with Gasteiger partial charge >= 0.3 is 11.9 Å². The average molecular weight is 622 g/mol. The number of carboxylic acids is 2. The number of hydrogen-bond acceptors (Lipinski definition) is 6. The van der Waals surface area contributed by atoms with E-state index < -0.39 is 16.9 Å². The van der Waals surface area contributed by atoms with E-state index in [4.69, 9.17) is 9.97 Å². The lowest BCUT2D eigenvalue weighted by Crippen LogP contribution is -1.97. The predicted octanol–water partition coefficient (Wildman–Crippen LogP) is 7.65. The van der Waals surface area contributed by atoms with E-state index in [2.05, 4.69) is 16.9 Å². The van der Waals surface area contributed by atoms with Gasteiger partial charge in [-0.3, -0.25) is 19.7 Å². The first-order chi connectivity index (χ1) is 21.9. The number of aromatic amines is 2. The van der Waals surface area contributed by atoms with E-state index in [1.807, 2.05) is 45.0 Å². The number of carbonyl (C=O) groups is 2. The van der Waals surface area contributed by atoms with Gasteiger partial charge in [0.05, 0.1) is 27.7 Å². The van der Waals surface area contributed by atoms with Gasteiger partial charge in [0.1, 0.15) is 0 Å². The van der Waals surface area contributed by atoms with E-state index in [0.717, 1.165) is 74.7 Å². The van der Waals surface area contributed by atoms with E-state index in [1.165, 1.54) is 11.6 Å². The fourth-order valence-electron chi connectivity index (χ4n) is 6.49. The summed E-state index contributed by atoms with van der Waals surface area (Å²) in [6, 6.07) is 7.73. The fourth-order valence-corrected chi connectivity index (χ4v) is 6.49. The molecule has 11 nitrogen and oxygen atoms in total. The summed E-state index contributed by atoms with van der Waals surface area (Å²) in [6.45, 7) is 7.83. The number of nitrogens with one attached hydrogen (secondary N) is 2. The van der Waals surface area contributed by atoms with Crippen molar-refractivity contribution in [1.82, 2.24) is 19.9 Å². The number of aliphatic carboxylic acids is 2. The molecule has 8 bridgehead atoms. The Morgan fingerprint density at radius 1 is 0.804 bits per heavy atom. The number of rotatable bonds is 9. The number of nitrogens with zero attached hydrogens (tertiary/aromatic N) is 3. The third kappa shape index (κ3) is 5.88. The van der Waals surface area contributed by atoms with Crippen LogP contribution in [0.3, 0.4) is 0 Å². The normalized spacial score (nSPS) is 14.9. The summed E-state index contributed by atoms with van der Waals surface area (Å²) in [4.78, 5) is 51.0. The lowest BCUT2D eigenvalue weighted by molar-refractivity contribution is -0.400. The van der Waals surface area contributed by atoms with Crippen molar-refractivity contribution in [2.75, 3.05) is 0 Å². The minimum Gasteiger partial charge on any atom is -0.481 e. The summed E-state index contributed by atoms with van der Waals surface area (Å²) in [7, 11) is 0. The molecular weight excluding hydrogens is 586 g/mol. The Balaban J connectivity index is 1.73. The number of carboxylic acid groups (broad SMARTS) is 2. The quantitative estimate of drug-likeness (QED) is 0.139. The molecule has 2 aliphatic heterocycles.